The van der Waals surface area contributed by atoms with Gasteiger partial charge in [0.1, 0.15) is 18.8 Å². The molecule has 0 spiro atoms. The normalized spacial score (nSPS) is 11.3. The van der Waals surface area contributed by atoms with E-state index in [1.807, 2.05) is 0 Å². The monoisotopic (exact) mass is 420 g/mol. The molecule has 0 atom stereocenters. The number of hydrogen-bond acceptors (Lipinski definition) is 9. The molecule has 0 aromatic rings. The van der Waals surface area contributed by atoms with Gasteiger partial charge in [0.2, 0.25) is 0 Å². The lowest BCUT2D eigenvalue weighted by atomic mass is 10.2. The average molecular weight is 420 g/mol. The van der Waals surface area contributed by atoms with E-state index in [-0.39, 0.29) is 13.2 Å². The SMILES string of the molecule is C=C(C)C(=O)OCCOCCOCCOCCOCCOCC(=O)OC(C)(C)C. The molecule has 9 heteroatoms. The Morgan fingerprint density at radius 1 is 0.690 bits per heavy atom. The fraction of sp³-hybridized carbons (Fsp3) is 0.800. The van der Waals surface area contributed by atoms with Gasteiger partial charge in [-0.05, 0) is 27.7 Å². The predicted molar refractivity (Wildman–Crippen MR) is 106 cm³/mol. The molecule has 0 N–H and O–H groups in total. The van der Waals surface area contributed by atoms with E-state index in [9.17, 15) is 9.59 Å². The van der Waals surface area contributed by atoms with Crippen molar-refractivity contribution in [2.75, 3.05) is 72.7 Å². The summed E-state index contributed by atoms with van der Waals surface area (Å²) >= 11 is 0. The lowest BCUT2D eigenvalue weighted by Crippen LogP contribution is -2.27. The number of carbonyl (C=O) groups excluding carboxylic acids is 2. The van der Waals surface area contributed by atoms with Crippen LogP contribution in [0.4, 0.5) is 0 Å². The minimum absolute atomic E-state index is 0.0855. The highest BCUT2D eigenvalue weighted by molar-refractivity contribution is 5.86. The summed E-state index contributed by atoms with van der Waals surface area (Å²) in [5.41, 5.74) is -0.142. The van der Waals surface area contributed by atoms with Crippen LogP contribution in [-0.2, 0) is 42.7 Å². The first-order valence-electron chi connectivity index (χ1n) is 9.65. The van der Waals surface area contributed by atoms with Crippen molar-refractivity contribution in [1.29, 1.82) is 0 Å². The van der Waals surface area contributed by atoms with Crippen LogP contribution in [0, 0.1) is 0 Å². The van der Waals surface area contributed by atoms with Gasteiger partial charge in [0, 0.05) is 5.57 Å². The molecule has 0 aromatic carbocycles. The van der Waals surface area contributed by atoms with Gasteiger partial charge in [0.15, 0.2) is 0 Å². The second-order valence-electron chi connectivity index (χ2n) is 7.00. The van der Waals surface area contributed by atoms with Gasteiger partial charge in [-0.1, -0.05) is 6.58 Å². The molecule has 0 aliphatic carbocycles. The highest BCUT2D eigenvalue weighted by Gasteiger charge is 2.15. The Hall–Kier alpha value is -1.52. The van der Waals surface area contributed by atoms with Crippen molar-refractivity contribution in [3.8, 4) is 0 Å². The lowest BCUT2D eigenvalue weighted by molar-refractivity contribution is -0.160. The van der Waals surface area contributed by atoms with Crippen LogP contribution in [0.3, 0.4) is 0 Å². The zero-order valence-electron chi connectivity index (χ0n) is 18.2. The van der Waals surface area contributed by atoms with Gasteiger partial charge in [-0.15, -0.1) is 0 Å². The van der Waals surface area contributed by atoms with Crippen LogP contribution in [0.15, 0.2) is 12.2 Å². The van der Waals surface area contributed by atoms with E-state index in [1.165, 1.54) is 0 Å². The van der Waals surface area contributed by atoms with Gasteiger partial charge in [0.25, 0.3) is 0 Å². The molecule has 0 unspecified atom stereocenters. The van der Waals surface area contributed by atoms with Gasteiger partial charge in [0.05, 0.1) is 59.5 Å². The number of rotatable bonds is 18. The molecule has 0 heterocycles. The molecular formula is C20H36O9. The van der Waals surface area contributed by atoms with Crippen molar-refractivity contribution < 1.29 is 42.7 Å². The molecular weight excluding hydrogens is 384 g/mol. The van der Waals surface area contributed by atoms with Crippen LogP contribution in [0.1, 0.15) is 27.7 Å². The maximum Gasteiger partial charge on any atom is 0.333 e. The van der Waals surface area contributed by atoms with E-state index >= 15 is 0 Å². The molecule has 0 saturated carbocycles. The number of hydrogen-bond donors (Lipinski definition) is 0. The minimum atomic E-state index is -0.508. The van der Waals surface area contributed by atoms with Crippen LogP contribution in [0.2, 0.25) is 0 Å². The molecule has 0 bridgehead atoms. The Morgan fingerprint density at radius 3 is 1.45 bits per heavy atom. The first-order chi connectivity index (χ1) is 13.7. The third-order valence-electron chi connectivity index (χ3n) is 2.94. The second kappa shape index (κ2) is 17.3. The Labute approximate surface area is 173 Å². The maximum absolute atomic E-state index is 11.4. The topological polar surface area (TPSA) is 98.8 Å². The molecule has 0 fully saturated rings. The van der Waals surface area contributed by atoms with E-state index in [2.05, 4.69) is 6.58 Å². The Bertz CT molecular complexity index is 457. The largest absolute Gasteiger partial charge is 0.460 e. The number of ether oxygens (including phenoxy) is 7. The summed E-state index contributed by atoms with van der Waals surface area (Å²) in [4.78, 5) is 22.5. The zero-order valence-corrected chi connectivity index (χ0v) is 18.2. The van der Waals surface area contributed by atoms with E-state index in [0.29, 0.717) is 65.0 Å². The van der Waals surface area contributed by atoms with Crippen LogP contribution in [0.25, 0.3) is 0 Å². The first-order valence-corrected chi connectivity index (χ1v) is 9.65. The highest BCUT2D eigenvalue weighted by atomic mass is 16.6. The molecule has 0 aliphatic rings. The molecule has 170 valence electrons. The van der Waals surface area contributed by atoms with E-state index in [4.69, 9.17) is 33.2 Å². The molecule has 0 rings (SSSR count). The van der Waals surface area contributed by atoms with Crippen molar-refractivity contribution in [3.63, 3.8) is 0 Å². The van der Waals surface area contributed by atoms with Crippen LogP contribution >= 0.6 is 0 Å². The first kappa shape index (κ1) is 27.5. The quantitative estimate of drug-likeness (QED) is 0.186. The smallest absolute Gasteiger partial charge is 0.333 e. The Kier molecular flexibility index (Phi) is 16.4. The molecule has 0 aliphatic heterocycles. The van der Waals surface area contributed by atoms with Crippen LogP contribution in [-0.4, -0.2) is 90.2 Å². The van der Waals surface area contributed by atoms with Crippen LogP contribution in [0.5, 0.6) is 0 Å². The van der Waals surface area contributed by atoms with E-state index < -0.39 is 17.5 Å². The molecule has 0 aromatic heterocycles. The summed E-state index contributed by atoms with van der Waals surface area (Å²) in [5, 5.41) is 0. The van der Waals surface area contributed by atoms with Crippen molar-refractivity contribution in [1.82, 2.24) is 0 Å². The summed E-state index contributed by atoms with van der Waals surface area (Å²) < 4.78 is 36.4. The fourth-order valence-corrected chi connectivity index (χ4v) is 1.72. The summed E-state index contributed by atoms with van der Waals surface area (Å²) in [5.74, 6) is -0.809. The Morgan fingerprint density at radius 2 is 1.07 bits per heavy atom. The van der Waals surface area contributed by atoms with Crippen LogP contribution < -0.4 is 0 Å². The molecule has 9 nitrogen and oxygen atoms in total. The van der Waals surface area contributed by atoms with Crippen molar-refractivity contribution >= 4 is 11.9 Å². The van der Waals surface area contributed by atoms with Gasteiger partial charge >= 0.3 is 11.9 Å². The number of carbonyl (C=O) groups is 2. The summed E-state index contributed by atoms with van der Waals surface area (Å²) in [6.45, 7) is 14.2. The van der Waals surface area contributed by atoms with Gasteiger partial charge in [-0.3, -0.25) is 0 Å². The summed E-state index contributed by atoms with van der Waals surface area (Å²) in [6, 6.07) is 0. The highest BCUT2D eigenvalue weighted by Crippen LogP contribution is 2.06. The van der Waals surface area contributed by atoms with Crippen molar-refractivity contribution in [2.24, 2.45) is 0 Å². The van der Waals surface area contributed by atoms with Crippen molar-refractivity contribution in [2.45, 2.75) is 33.3 Å². The number of esters is 2. The fourth-order valence-electron chi connectivity index (χ4n) is 1.72. The van der Waals surface area contributed by atoms with E-state index in [1.54, 1.807) is 27.7 Å². The summed E-state index contributed by atoms with van der Waals surface area (Å²) in [7, 11) is 0. The average Bonchev–Trinajstić information content (AvgIpc) is 2.62. The third-order valence-corrected chi connectivity index (χ3v) is 2.94. The molecule has 0 radical (unpaired) electrons. The molecule has 0 saturated heterocycles. The second-order valence-corrected chi connectivity index (χ2v) is 7.00. The van der Waals surface area contributed by atoms with Gasteiger partial charge in [-0.2, -0.15) is 0 Å². The predicted octanol–water partition coefficient (Wildman–Crippen LogP) is 1.53. The van der Waals surface area contributed by atoms with Crippen molar-refractivity contribution in [3.05, 3.63) is 12.2 Å². The summed E-state index contributed by atoms with van der Waals surface area (Å²) in [6.07, 6.45) is 0. The minimum Gasteiger partial charge on any atom is -0.460 e. The zero-order chi connectivity index (χ0) is 22.0. The van der Waals surface area contributed by atoms with E-state index in [0.717, 1.165) is 0 Å². The molecule has 29 heavy (non-hydrogen) atoms. The maximum atomic E-state index is 11.4. The Balaban J connectivity index is 3.20. The van der Waals surface area contributed by atoms with Gasteiger partial charge < -0.3 is 33.2 Å². The standard InChI is InChI=1S/C20H36O9/c1-17(2)19(22)28-15-14-26-11-10-24-7-6-23-8-9-25-12-13-27-16-18(21)29-20(3,4)5/h1,6-16H2,2-5H3. The third kappa shape index (κ3) is 21.0. The molecule has 0 amide bonds. The lowest BCUT2D eigenvalue weighted by Gasteiger charge is -2.19. The van der Waals surface area contributed by atoms with Gasteiger partial charge in [-0.25, -0.2) is 9.59 Å².